The van der Waals surface area contributed by atoms with E-state index >= 15 is 0 Å². The Bertz CT molecular complexity index is 398. The highest BCUT2D eigenvalue weighted by Gasteiger charge is 2.36. The summed E-state index contributed by atoms with van der Waals surface area (Å²) in [6, 6.07) is 8.64. The number of anilines is 1. The second kappa shape index (κ2) is 5.31. The number of nitrogens with zero attached hydrogens (tertiary/aromatic N) is 1. The van der Waals surface area contributed by atoms with Gasteiger partial charge >= 0.3 is 0 Å². The van der Waals surface area contributed by atoms with E-state index in [0.717, 1.165) is 19.0 Å². The van der Waals surface area contributed by atoms with Gasteiger partial charge in [0.2, 0.25) is 0 Å². The van der Waals surface area contributed by atoms with Crippen LogP contribution >= 0.6 is 0 Å². The SMILES string of the molecule is CCN(c1ccccc1C)C(C)(CN)CC1CC1. The van der Waals surface area contributed by atoms with Gasteiger partial charge in [0.25, 0.3) is 0 Å². The van der Waals surface area contributed by atoms with E-state index in [1.807, 2.05) is 0 Å². The molecule has 0 aliphatic heterocycles. The van der Waals surface area contributed by atoms with Crippen LogP contribution in [0.15, 0.2) is 24.3 Å². The van der Waals surface area contributed by atoms with Crippen LogP contribution in [-0.4, -0.2) is 18.6 Å². The molecule has 100 valence electrons. The minimum atomic E-state index is 0.0992. The van der Waals surface area contributed by atoms with E-state index in [0.29, 0.717) is 0 Å². The van der Waals surface area contributed by atoms with E-state index in [2.05, 4.69) is 49.9 Å². The van der Waals surface area contributed by atoms with Crippen molar-refractivity contribution in [3.8, 4) is 0 Å². The monoisotopic (exact) mass is 246 g/mol. The van der Waals surface area contributed by atoms with Crippen molar-refractivity contribution in [2.45, 2.75) is 45.6 Å². The van der Waals surface area contributed by atoms with Crippen LogP contribution in [0, 0.1) is 12.8 Å². The molecule has 1 aromatic carbocycles. The number of aryl methyl sites for hydroxylation is 1. The molecule has 0 bridgehead atoms. The molecule has 1 fully saturated rings. The van der Waals surface area contributed by atoms with Crippen molar-refractivity contribution in [3.05, 3.63) is 29.8 Å². The first-order valence-electron chi connectivity index (χ1n) is 7.14. The average molecular weight is 246 g/mol. The molecular weight excluding hydrogens is 220 g/mol. The summed E-state index contributed by atoms with van der Waals surface area (Å²) in [4.78, 5) is 2.50. The molecule has 0 saturated heterocycles. The van der Waals surface area contributed by atoms with Crippen LogP contribution in [0.25, 0.3) is 0 Å². The molecule has 18 heavy (non-hydrogen) atoms. The van der Waals surface area contributed by atoms with Gasteiger partial charge in [-0.15, -0.1) is 0 Å². The summed E-state index contributed by atoms with van der Waals surface area (Å²) in [5.41, 5.74) is 8.89. The van der Waals surface area contributed by atoms with Crippen LogP contribution in [0.1, 0.15) is 38.7 Å². The van der Waals surface area contributed by atoms with Gasteiger partial charge in [-0.05, 0) is 44.7 Å². The molecule has 1 atom stereocenters. The molecule has 0 heterocycles. The number of nitrogens with two attached hydrogens (primary N) is 1. The molecular formula is C16H26N2. The zero-order valence-electron chi connectivity index (χ0n) is 11.9. The predicted molar refractivity (Wildman–Crippen MR) is 79.0 cm³/mol. The number of likely N-dealkylation sites (N-methyl/N-ethyl adjacent to an activating group) is 1. The number of para-hydroxylation sites is 1. The van der Waals surface area contributed by atoms with Crippen LogP contribution < -0.4 is 10.6 Å². The maximum Gasteiger partial charge on any atom is 0.0498 e. The largest absolute Gasteiger partial charge is 0.365 e. The Hall–Kier alpha value is -1.02. The Labute approximate surface area is 111 Å². The minimum Gasteiger partial charge on any atom is -0.365 e. The lowest BCUT2D eigenvalue weighted by atomic mass is 9.91. The Kier molecular flexibility index (Phi) is 3.96. The lowest BCUT2D eigenvalue weighted by Crippen LogP contribution is -2.52. The first kappa shape index (κ1) is 13.4. The van der Waals surface area contributed by atoms with Crippen molar-refractivity contribution >= 4 is 5.69 Å². The van der Waals surface area contributed by atoms with Gasteiger partial charge in [-0.3, -0.25) is 0 Å². The Balaban J connectivity index is 2.27. The molecule has 1 aliphatic carbocycles. The van der Waals surface area contributed by atoms with Gasteiger partial charge in [-0.2, -0.15) is 0 Å². The Morgan fingerprint density at radius 3 is 2.50 bits per heavy atom. The van der Waals surface area contributed by atoms with Gasteiger partial charge in [0.05, 0.1) is 0 Å². The zero-order chi connectivity index (χ0) is 13.2. The summed E-state index contributed by atoms with van der Waals surface area (Å²) in [6.07, 6.45) is 4.01. The van der Waals surface area contributed by atoms with Crippen LogP contribution in [0.4, 0.5) is 5.69 Å². The predicted octanol–water partition coefficient (Wildman–Crippen LogP) is 3.34. The van der Waals surface area contributed by atoms with Crippen LogP contribution in [0.2, 0.25) is 0 Å². The van der Waals surface area contributed by atoms with Gasteiger partial charge in [0.15, 0.2) is 0 Å². The molecule has 0 amide bonds. The second-order valence-electron chi connectivity index (χ2n) is 5.88. The van der Waals surface area contributed by atoms with Crippen molar-refractivity contribution in [3.63, 3.8) is 0 Å². The molecule has 0 aromatic heterocycles. The summed E-state index contributed by atoms with van der Waals surface area (Å²) >= 11 is 0. The minimum absolute atomic E-state index is 0.0992. The van der Waals surface area contributed by atoms with Crippen molar-refractivity contribution in [2.24, 2.45) is 11.7 Å². The van der Waals surface area contributed by atoms with E-state index in [1.54, 1.807) is 0 Å². The number of hydrogen-bond donors (Lipinski definition) is 1. The topological polar surface area (TPSA) is 29.3 Å². The first-order valence-corrected chi connectivity index (χ1v) is 7.14. The highest BCUT2D eigenvalue weighted by molar-refractivity contribution is 5.55. The third-order valence-corrected chi connectivity index (χ3v) is 4.24. The third-order valence-electron chi connectivity index (χ3n) is 4.24. The highest BCUT2D eigenvalue weighted by Crippen LogP contribution is 2.40. The van der Waals surface area contributed by atoms with E-state index < -0.39 is 0 Å². The molecule has 0 spiro atoms. The van der Waals surface area contributed by atoms with Gasteiger partial charge in [-0.1, -0.05) is 31.0 Å². The second-order valence-corrected chi connectivity index (χ2v) is 5.88. The quantitative estimate of drug-likeness (QED) is 0.834. The van der Waals surface area contributed by atoms with E-state index in [4.69, 9.17) is 5.73 Å². The number of benzene rings is 1. The Morgan fingerprint density at radius 1 is 1.33 bits per heavy atom. The first-order chi connectivity index (χ1) is 8.60. The maximum absolute atomic E-state index is 6.11. The van der Waals surface area contributed by atoms with Gasteiger partial charge in [0.1, 0.15) is 0 Å². The van der Waals surface area contributed by atoms with Crippen LogP contribution in [-0.2, 0) is 0 Å². The summed E-state index contributed by atoms with van der Waals surface area (Å²) in [6.45, 7) is 8.48. The highest BCUT2D eigenvalue weighted by atomic mass is 15.2. The molecule has 2 nitrogen and oxygen atoms in total. The molecule has 1 aliphatic rings. The molecule has 2 heteroatoms. The van der Waals surface area contributed by atoms with Gasteiger partial charge < -0.3 is 10.6 Å². The molecule has 2 N–H and O–H groups in total. The van der Waals surface area contributed by atoms with Crippen molar-refractivity contribution in [1.82, 2.24) is 0 Å². The van der Waals surface area contributed by atoms with Gasteiger partial charge in [-0.25, -0.2) is 0 Å². The van der Waals surface area contributed by atoms with E-state index in [-0.39, 0.29) is 5.54 Å². The number of rotatable bonds is 6. The molecule has 2 rings (SSSR count). The van der Waals surface area contributed by atoms with Crippen LogP contribution in [0.3, 0.4) is 0 Å². The fourth-order valence-electron chi connectivity index (χ4n) is 2.96. The molecule has 1 saturated carbocycles. The Morgan fingerprint density at radius 2 is 2.00 bits per heavy atom. The standard InChI is InChI=1S/C16H26N2/c1-4-18(15-8-6-5-7-13(15)2)16(3,12-17)11-14-9-10-14/h5-8,14H,4,9-12,17H2,1-3H3. The van der Waals surface area contributed by atoms with Crippen LogP contribution in [0.5, 0.6) is 0 Å². The lowest BCUT2D eigenvalue weighted by Gasteiger charge is -2.43. The summed E-state index contributed by atoms with van der Waals surface area (Å²) in [7, 11) is 0. The maximum atomic E-state index is 6.11. The van der Waals surface area contributed by atoms with Gasteiger partial charge in [0, 0.05) is 24.3 Å². The smallest absolute Gasteiger partial charge is 0.0498 e. The van der Waals surface area contributed by atoms with Crippen molar-refractivity contribution < 1.29 is 0 Å². The number of hydrogen-bond acceptors (Lipinski definition) is 2. The lowest BCUT2D eigenvalue weighted by molar-refractivity contribution is 0.383. The summed E-state index contributed by atoms with van der Waals surface area (Å²) < 4.78 is 0. The fourth-order valence-corrected chi connectivity index (χ4v) is 2.96. The average Bonchev–Trinajstić information content (AvgIpc) is 3.16. The van der Waals surface area contributed by atoms with E-state index in [1.165, 1.54) is 30.5 Å². The van der Waals surface area contributed by atoms with Crippen molar-refractivity contribution in [2.75, 3.05) is 18.0 Å². The summed E-state index contributed by atoms with van der Waals surface area (Å²) in [5.74, 6) is 0.900. The molecule has 1 aromatic rings. The molecule has 0 radical (unpaired) electrons. The summed E-state index contributed by atoms with van der Waals surface area (Å²) in [5, 5.41) is 0. The third kappa shape index (κ3) is 2.69. The fraction of sp³-hybridized carbons (Fsp3) is 0.625. The van der Waals surface area contributed by atoms with E-state index in [9.17, 15) is 0 Å². The van der Waals surface area contributed by atoms with Crippen molar-refractivity contribution in [1.29, 1.82) is 0 Å². The normalized spacial score (nSPS) is 18.4. The zero-order valence-corrected chi connectivity index (χ0v) is 11.9. The molecule has 1 unspecified atom stereocenters.